The summed E-state index contributed by atoms with van der Waals surface area (Å²) in [6.45, 7) is 1.95. The van der Waals surface area contributed by atoms with E-state index in [9.17, 15) is 0 Å². The maximum absolute atomic E-state index is 5.61. The molecule has 0 atom stereocenters. The van der Waals surface area contributed by atoms with E-state index in [0.29, 0.717) is 17.3 Å². The Kier molecular flexibility index (Phi) is 3.51. The predicted molar refractivity (Wildman–Crippen MR) is 65.0 cm³/mol. The number of rotatable bonds is 3. The van der Waals surface area contributed by atoms with Crippen LogP contribution in [0.5, 0.6) is 11.8 Å². The Hall–Kier alpha value is -1.00. The van der Waals surface area contributed by atoms with Crippen molar-refractivity contribution in [2.75, 3.05) is 0 Å². The summed E-state index contributed by atoms with van der Waals surface area (Å²) in [5.41, 5.74) is 1.66. The van der Waals surface area contributed by atoms with E-state index in [2.05, 4.69) is 20.9 Å². The van der Waals surface area contributed by atoms with Crippen LogP contribution in [0, 0.1) is 6.92 Å². The highest BCUT2D eigenvalue weighted by Crippen LogP contribution is 2.27. The lowest BCUT2D eigenvalue weighted by Gasteiger charge is -2.04. The minimum atomic E-state index is 0.205. The number of halogens is 2. The molecule has 0 amide bonds. The molecule has 0 aliphatic heterocycles. The van der Waals surface area contributed by atoms with E-state index in [1.807, 2.05) is 25.1 Å². The van der Waals surface area contributed by atoms with E-state index >= 15 is 0 Å². The molecule has 0 saturated heterocycles. The van der Waals surface area contributed by atoms with Crippen molar-refractivity contribution in [2.24, 2.45) is 0 Å². The molecule has 0 saturated carbocycles. The monoisotopic (exact) mass is 301 g/mol. The average molecular weight is 303 g/mol. The van der Waals surface area contributed by atoms with E-state index in [-0.39, 0.29) is 6.08 Å². The van der Waals surface area contributed by atoms with Crippen molar-refractivity contribution in [3.8, 4) is 11.8 Å². The number of hydrogen-bond donors (Lipinski definition) is 0. The molecule has 3 nitrogen and oxygen atoms in total. The molecule has 0 unspecified atom stereocenters. The standard InChI is InChI=1S/C11H9BrClNO2/c1-7-2-3-8(12)4-10(7)16-11-14-9(5-13)6-15-11/h2-4,6H,5H2,1H3. The molecule has 16 heavy (non-hydrogen) atoms. The van der Waals surface area contributed by atoms with Gasteiger partial charge in [0.15, 0.2) is 0 Å². The van der Waals surface area contributed by atoms with Gasteiger partial charge in [-0.25, -0.2) is 0 Å². The molecule has 0 N–H and O–H groups in total. The van der Waals surface area contributed by atoms with Crippen molar-refractivity contribution < 1.29 is 9.15 Å². The summed E-state index contributed by atoms with van der Waals surface area (Å²) >= 11 is 8.99. The van der Waals surface area contributed by atoms with Gasteiger partial charge in [0.05, 0.1) is 11.6 Å². The van der Waals surface area contributed by atoms with E-state index in [0.717, 1.165) is 10.0 Å². The predicted octanol–water partition coefficient (Wildman–Crippen LogP) is 4.28. The third kappa shape index (κ3) is 2.57. The third-order valence-corrected chi connectivity index (χ3v) is 2.78. The third-order valence-electron chi connectivity index (χ3n) is 2.02. The molecule has 0 fully saturated rings. The molecule has 2 rings (SSSR count). The Morgan fingerprint density at radius 1 is 1.50 bits per heavy atom. The first-order chi connectivity index (χ1) is 7.69. The topological polar surface area (TPSA) is 35.3 Å². The zero-order valence-electron chi connectivity index (χ0n) is 8.54. The number of ether oxygens (including phenoxy) is 1. The molecule has 0 spiro atoms. The summed E-state index contributed by atoms with van der Waals surface area (Å²) in [6.07, 6.45) is 1.69. The number of alkyl halides is 1. The minimum absolute atomic E-state index is 0.205. The van der Waals surface area contributed by atoms with E-state index in [4.69, 9.17) is 20.8 Å². The molecule has 1 heterocycles. The lowest BCUT2D eigenvalue weighted by atomic mass is 10.2. The van der Waals surface area contributed by atoms with Crippen molar-refractivity contribution in [3.63, 3.8) is 0 Å². The molecule has 1 aromatic heterocycles. The number of nitrogens with zero attached hydrogens (tertiary/aromatic N) is 1. The van der Waals surface area contributed by atoms with Gasteiger partial charge < -0.3 is 9.15 Å². The van der Waals surface area contributed by atoms with Crippen LogP contribution in [0.2, 0.25) is 0 Å². The fourth-order valence-electron chi connectivity index (χ4n) is 1.17. The van der Waals surface area contributed by atoms with E-state index in [1.54, 1.807) is 0 Å². The first kappa shape index (κ1) is 11.5. The van der Waals surface area contributed by atoms with Crippen molar-refractivity contribution in [3.05, 3.63) is 40.2 Å². The minimum Gasteiger partial charge on any atom is -0.417 e. The second-order valence-electron chi connectivity index (χ2n) is 3.25. The smallest absolute Gasteiger partial charge is 0.399 e. The maximum Gasteiger partial charge on any atom is 0.399 e. The Bertz CT molecular complexity index is 498. The van der Waals surface area contributed by atoms with Crippen LogP contribution in [0.25, 0.3) is 0 Å². The van der Waals surface area contributed by atoms with Crippen LogP contribution < -0.4 is 4.74 Å². The van der Waals surface area contributed by atoms with Gasteiger partial charge in [-0.05, 0) is 24.6 Å². The van der Waals surface area contributed by atoms with Gasteiger partial charge in [-0.1, -0.05) is 22.0 Å². The van der Waals surface area contributed by atoms with Gasteiger partial charge >= 0.3 is 6.08 Å². The van der Waals surface area contributed by atoms with E-state index in [1.165, 1.54) is 6.26 Å². The fourth-order valence-corrected chi connectivity index (χ4v) is 1.64. The number of hydrogen-bond acceptors (Lipinski definition) is 3. The van der Waals surface area contributed by atoms with Crippen LogP contribution >= 0.6 is 27.5 Å². The molecule has 0 aliphatic carbocycles. The number of aromatic nitrogens is 1. The molecule has 0 radical (unpaired) electrons. The normalized spacial score (nSPS) is 10.4. The molecule has 2 aromatic rings. The highest BCUT2D eigenvalue weighted by molar-refractivity contribution is 9.10. The zero-order chi connectivity index (χ0) is 11.5. The molecular weight excluding hydrogens is 293 g/mol. The Morgan fingerprint density at radius 2 is 2.31 bits per heavy atom. The lowest BCUT2D eigenvalue weighted by molar-refractivity contribution is 0.329. The van der Waals surface area contributed by atoms with Gasteiger partial charge in [-0.15, -0.1) is 11.6 Å². The van der Waals surface area contributed by atoms with Crippen LogP contribution in [0.4, 0.5) is 0 Å². The largest absolute Gasteiger partial charge is 0.417 e. The van der Waals surface area contributed by atoms with Crippen molar-refractivity contribution in [2.45, 2.75) is 12.8 Å². The molecule has 0 bridgehead atoms. The fraction of sp³-hybridized carbons (Fsp3) is 0.182. The molecule has 84 valence electrons. The van der Waals surface area contributed by atoms with Crippen molar-refractivity contribution in [1.29, 1.82) is 0 Å². The summed E-state index contributed by atoms with van der Waals surface area (Å²) in [5.74, 6) is 1.02. The Balaban J connectivity index is 2.22. The van der Waals surface area contributed by atoms with Gasteiger partial charge in [0.1, 0.15) is 12.0 Å². The van der Waals surface area contributed by atoms with Crippen LogP contribution in [0.15, 0.2) is 33.4 Å². The second kappa shape index (κ2) is 4.89. The summed E-state index contributed by atoms with van der Waals surface area (Å²) in [5, 5.41) is 0. The Labute approximate surface area is 107 Å². The van der Waals surface area contributed by atoms with Crippen LogP contribution in [-0.4, -0.2) is 4.98 Å². The zero-order valence-corrected chi connectivity index (χ0v) is 10.9. The molecule has 0 aliphatic rings. The van der Waals surface area contributed by atoms with Crippen LogP contribution in [0.3, 0.4) is 0 Å². The number of oxazole rings is 1. The van der Waals surface area contributed by atoms with E-state index < -0.39 is 0 Å². The number of aryl methyl sites for hydroxylation is 1. The van der Waals surface area contributed by atoms with Crippen LogP contribution in [0.1, 0.15) is 11.3 Å². The summed E-state index contributed by atoms with van der Waals surface area (Å²) in [6, 6.07) is 5.76. The van der Waals surface area contributed by atoms with Gasteiger partial charge in [0.25, 0.3) is 0 Å². The quantitative estimate of drug-likeness (QED) is 0.794. The Morgan fingerprint density at radius 3 is 3.00 bits per heavy atom. The molecular formula is C11H9BrClNO2. The summed E-state index contributed by atoms with van der Waals surface area (Å²) in [4.78, 5) is 4.06. The van der Waals surface area contributed by atoms with Gasteiger partial charge in [0, 0.05) is 4.47 Å². The van der Waals surface area contributed by atoms with Crippen LogP contribution in [-0.2, 0) is 5.88 Å². The summed E-state index contributed by atoms with van der Waals surface area (Å²) in [7, 11) is 0. The SMILES string of the molecule is Cc1ccc(Br)cc1Oc1nc(CCl)co1. The number of benzene rings is 1. The molecule has 5 heteroatoms. The first-order valence-electron chi connectivity index (χ1n) is 4.63. The maximum atomic E-state index is 5.61. The van der Waals surface area contributed by atoms with Gasteiger partial charge in [-0.2, -0.15) is 4.98 Å². The van der Waals surface area contributed by atoms with Gasteiger partial charge in [0.2, 0.25) is 0 Å². The van der Waals surface area contributed by atoms with Crippen molar-refractivity contribution >= 4 is 27.5 Å². The highest BCUT2D eigenvalue weighted by atomic mass is 79.9. The van der Waals surface area contributed by atoms with Crippen molar-refractivity contribution in [1.82, 2.24) is 4.98 Å². The average Bonchev–Trinajstić information content (AvgIpc) is 2.71. The lowest BCUT2D eigenvalue weighted by Crippen LogP contribution is -1.88. The van der Waals surface area contributed by atoms with Gasteiger partial charge in [-0.3, -0.25) is 0 Å². The second-order valence-corrected chi connectivity index (χ2v) is 4.43. The first-order valence-corrected chi connectivity index (χ1v) is 5.96. The highest BCUT2D eigenvalue weighted by Gasteiger charge is 2.07. The summed E-state index contributed by atoms with van der Waals surface area (Å²) < 4.78 is 11.6. The molecule has 1 aromatic carbocycles.